The summed E-state index contributed by atoms with van der Waals surface area (Å²) in [6.45, 7) is 1.85. The van der Waals surface area contributed by atoms with Crippen molar-refractivity contribution in [2.75, 3.05) is 0 Å². The molecule has 8 heteroatoms. The molecule has 3 aromatic rings. The first-order chi connectivity index (χ1) is 16.2. The zero-order valence-electron chi connectivity index (χ0n) is 18.6. The molecule has 170 valence electrons. The number of carbonyl (C=O) groups is 3. The first-order valence-corrected chi connectivity index (χ1v) is 12.0. The van der Waals surface area contributed by atoms with Crippen LogP contribution in [0.4, 0.5) is 0 Å². The molecule has 2 N–H and O–H groups in total. The number of Topliss-reactive ketones (excluding diaryl/α,β-unsaturated/α-hetero) is 1. The highest BCUT2D eigenvalue weighted by molar-refractivity contribution is 9.10. The number of nitrogens with one attached hydrogen (secondary N) is 1. The Balaban J connectivity index is 1.60. The topological polar surface area (TPSA) is 96.4 Å². The van der Waals surface area contributed by atoms with E-state index >= 15 is 0 Å². The number of ketones is 1. The van der Waals surface area contributed by atoms with E-state index in [4.69, 9.17) is 12.8 Å². The zero-order valence-corrected chi connectivity index (χ0v) is 20.2. The van der Waals surface area contributed by atoms with E-state index in [0.29, 0.717) is 27.7 Å². The average Bonchev–Trinajstić information content (AvgIpc) is 2.82. The Bertz CT molecular complexity index is 1350. The van der Waals surface area contributed by atoms with Crippen LogP contribution >= 0.6 is 15.9 Å². The number of carboxylic acids is 1. The number of benzene rings is 2. The SMILES string of the molecule is [B]C1C(=O)C2(NC(=O)c3c(C)c(-c4ccccc4)nc4ccc(Br)cc34)CCC1(C(=O)O)CC2. The van der Waals surface area contributed by atoms with Gasteiger partial charge in [0, 0.05) is 15.4 Å². The Kier molecular flexibility index (Phi) is 5.39. The molecule has 1 heterocycles. The van der Waals surface area contributed by atoms with E-state index in [-0.39, 0.29) is 31.6 Å². The molecule has 1 aromatic heterocycles. The second-order valence-electron chi connectivity index (χ2n) is 9.33. The van der Waals surface area contributed by atoms with Crippen LogP contribution in [0.1, 0.15) is 41.6 Å². The average molecular weight is 517 g/mol. The van der Waals surface area contributed by atoms with Gasteiger partial charge in [-0.1, -0.05) is 46.3 Å². The fourth-order valence-corrected chi connectivity index (χ4v) is 5.90. The molecule has 2 aromatic carbocycles. The zero-order chi connectivity index (χ0) is 24.3. The Morgan fingerprint density at radius 1 is 1.12 bits per heavy atom. The number of hydrogen-bond acceptors (Lipinski definition) is 4. The first kappa shape index (κ1) is 22.8. The highest BCUT2D eigenvalue weighted by atomic mass is 79.9. The molecule has 0 spiro atoms. The molecule has 3 aliphatic rings. The van der Waals surface area contributed by atoms with E-state index in [9.17, 15) is 19.5 Å². The molecule has 2 radical (unpaired) electrons. The third kappa shape index (κ3) is 3.30. The molecule has 6 nitrogen and oxygen atoms in total. The van der Waals surface area contributed by atoms with Gasteiger partial charge in [-0.3, -0.25) is 14.4 Å². The summed E-state index contributed by atoms with van der Waals surface area (Å²) in [6, 6.07) is 15.2. The Labute approximate surface area is 206 Å². The predicted octanol–water partition coefficient (Wildman–Crippen LogP) is 4.63. The number of pyridine rings is 1. The highest BCUT2D eigenvalue weighted by Crippen LogP contribution is 2.55. The van der Waals surface area contributed by atoms with E-state index in [1.807, 2.05) is 55.5 Å². The fraction of sp³-hybridized carbons (Fsp3) is 0.308. The van der Waals surface area contributed by atoms with Crippen molar-refractivity contribution in [1.82, 2.24) is 10.3 Å². The highest BCUT2D eigenvalue weighted by Gasteiger charge is 2.62. The number of hydrogen-bond donors (Lipinski definition) is 2. The van der Waals surface area contributed by atoms with Crippen molar-refractivity contribution in [3.8, 4) is 11.3 Å². The Hall–Kier alpha value is -3.00. The molecular weight excluding hydrogens is 495 g/mol. The Morgan fingerprint density at radius 3 is 2.44 bits per heavy atom. The van der Waals surface area contributed by atoms with Crippen LogP contribution in [-0.4, -0.2) is 41.1 Å². The minimum atomic E-state index is -1.24. The number of carboxylic acid groups (broad SMARTS) is 1. The van der Waals surface area contributed by atoms with Crippen LogP contribution in [0.25, 0.3) is 22.2 Å². The molecule has 34 heavy (non-hydrogen) atoms. The number of fused-ring (bicyclic) bond motifs is 4. The fourth-order valence-electron chi connectivity index (χ4n) is 5.54. The van der Waals surface area contributed by atoms with Crippen molar-refractivity contribution in [3.05, 3.63) is 64.1 Å². The summed E-state index contributed by atoms with van der Waals surface area (Å²) in [5.74, 6) is -2.97. The van der Waals surface area contributed by atoms with Gasteiger partial charge in [0.25, 0.3) is 5.91 Å². The molecule has 1 amide bonds. The van der Waals surface area contributed by atoms with Gasteiger partial charge in [0.1, 0.15) is 0 Å². The number of carbonyl (C=O) groups excluding carboxylic acids is 2. The molecule has 3 fully saturated rings. The lowest BCUT2D eigenvalue weighted by Gasteiger charge is -2.54. The van der Waals surface area contributed by atoms with Crippen molar-refractivity contribution in [3.63, 3.8) is 0 Å². The monoisotopic (exact) mass is 516 g/mol. The van der Waals surface area contributed by atoms with Gasteiger partial charge in [0.15, 0.2) is 5.78 Å². The summed E-state index contributed by atoms with van der Waals surface area (Å²) < 4.78 is 0.806. The summed E-state index contributed by atoms with van der Waals surface area (Å²) in [7, 11) is 6.14. The van der Waals surface area contributed by atoms with E-state index in [1.165, 1.54) is 0 Å². The smallest absolute Gasteiger partial charge is 0.309 e. The second kappa shape index (κ2) is 8.05. The predicted molar refractivity (Wildman–Crippen MR) is 133 cm³/mol. The van der Waals surface area contributed by atoms with Gasteiger partial charge in [-0.25, -0.2) is 4.98 Å². The van der Waals surface area contributed by atoms with Crippen LogP contribution in [0.3, 0.4) is 0 Å². The lowest BCUT2D eigenvalue weighted by atomic mass is 9.46. The normalized spacial score (nSPS) is 25.9. The van der Waals surface area contributed by atoms with Gasteiger partial charge >= 0.3 is 5.97 Å². The lowest BCUT2D eigenvalue weighted by Crippen LogP contribution is -2.66. The van der Waals surface area contributed by atoms with Crippen molar-refractivity contribution >= 4 is 52.3 Å². The van der Waals surface area contributed by atoms with Crippen molar-refractivity contribution in [2.24, 2.45) is 5.41 Å². The molecule has 1 unspecified atom stereocenters. The maximum Gasteiger partial charge on any atom is 0.309 e. The Morgan fingerprint density at radius 2 is 1.79 bits per heavy atom. The van der Waals surface area contributed by atoms with Crippen LogP contribution in [0.5, 0.6) is 0 Å². The van der Waals surface area contributed by atoms with Crippen LogP contribution in [0.15, 0.2) is 53.0 Å². The summed E-state index contributed by atoms with van der Waals surface area (Å²) in [5, 5.41) is 13.4. The maximum absolute atomic E-state index is 13.8. The van der Waals surface area contributed by atoms with E-state index in [1.54, 1.807) is 0 Å². The second-order valence-corrected chi connectivity index (χ2v) is 10.2. The van der Waals surface area contributed by atoms with Crippen molar-refractivity contribution in [1.29, 1.82) is 0 Å². The molecule has 6 rings (SSSR count). The summed E-state index contributed by atoms with van der Waals surface area (Å²) >= 11 is 3.48. The van der Waals surface area contributed by atoms with Crippen LogP contribution in [0, 0.1) is 12.3 Å². The molecule has 3 aliphatic carbocycles. The third-order valence-electron chi connectivity index (χ3n) is 7.59. The van der Waals surface area contributed by atoms with Crippen LogP contribution in [-0.2, 0) is 9.59 Å². The van der Waals surface area contributed by atoms with Gasteiger partial charge in [-0.2, -0.15) is 0 Å². The standard InChI is InChI=1S/C26H22BBrN2O4/c1-14-19(17-13-16(28)7-8-18(17)29-20(14)15-5-3-2-4-6-15)23(32)30-26-11-9-25(10-12-26,24(33)34)21(27)22(26)31/h2-8,13,21H,9-12H2,1H3,(H,30,32)(H,33,34). The van der Waals surface area contributed by atoms with E-state index in [2.05, 4.69) is 21.2 Å². The number of aromatic nitrogens is 1. The minimum Gasteiger partial charge on any atom is -0.481 e. The minimum absolute atomic E-state index is 0.256. The van der Waals surface area contributed by atoms with E-state index in [0.717, 1.165) is 10.0 Å². The molecule has 2 bridgehead atoms. The molecular formula is C26H22BBrN2O4. The third-order valence-corrected chi connectivity index (χ3v) is 8.08. The number of amides is 1. The number of rotatable bonds is 4. The lowest BCUT2D eigenvalue weighted by molar-refractivity contribution is -0.161. The molecule has 0 aliphatic heterocycles. The van der Waals surface area contributed by atoms with Gasteiger partial charge in [0.2, 0.25) is 0 Å². The molecule has 1 atom stereocenters. The van der Waals surface area contributed by atoms with Crippen molar-refractivity contribution in [2.45, 2.75) is 44.0 Å². The van der Waals surface area contributed by atoms with Gasteiger partial charge < -0.3 is 10.4 Å². The first-order valence-electron chi connectivity index (χ1n) is 11.2. The summed E-state index contributed by atoms with van der Waals surface area (Å²) in [5.41, 5.74) is 0.990. The quantitative estimate of drug-likeness (QED) is 0.493. The summed E-state index contributed by atoms with van der Waals surface area (Å²) in [6.07, 6.45) is 1.03. The van der Waals surface area contributed by atoms with E-state index < -0.39 is 28.5 Å². The number of nitrogens with zero attached hydrogens (tertiary/aromatic N) is 1. The van der Waals surface area contributed by atoms with Crippen molar-refractivity contribution < 1.29 is 19.5 Å². The van der Waals surface area contributed by atoms with Gasteiger partial charge in [-0.15, -0.1) is 0 Å². The maximum atomic E-state index is 13.8. The van der Waals surface area contributed by atoms with Gasteiger partial charge in [0.05, 0.1) is 35.6 Å². The van der Waals surface area contributed by atoms with Crippen LogP contribution in [0.2, 0.25) is 5.82 Å². The molecule has 0 saturated heterocycles. The summed E-state index contributed by atoms with van der Waals surface area (Å²) in [4.78, 5) is 43.8. The van der Waals surface area contributed by atoms with Crippen LogP contribution < -0.4 is 5.32 Å². The largest absolute Gasteiger partial charge is 0.481 e. The molecule has 3 saturated carbocycles. The number of halogens is 1. The van der Waals surface area contributed by atoms with Gasteiger partial charge in [-0.05, 0) is 62.2 Å². The number of aliphatic carboxylic acids is 1.